The first kappa shape index (κ1) is 57.8. The van der Waals surface area contributed by atoms with Gasteiger partial charge in [-0.15, -0.1) is 0 Å². The summed E-state index contributed by atoms with van der Waals surface area (Å²) >= 11 is 0. The van der Waals surface area contributed by atoms with E-state index in [4.69, 9.17) is 14.9 Å². The zero-order valence-corrected chi connectivity index (χ0v) is 38.8. The summed E-state index contributed by atoms with van der Waals surface area (Å²) in [4.78, 5) is 47.7. The predicted molar refractivity (Wildman–Crippen MR) is 259 cm³/mol. The molecule has 0 aromatic rings. The summed E-state index contributed by atoms with van der Waals surface area (Å²) in [5.74, 6) is -2.37. The molecule has 0 aliphatic carbocycles. The molecule has 350 valence electrons. The summed E-state index contributed by atoms with van der Waals surface area (Å²) in [6, 6.07) is -1.39. The van der Waals surface area contributed by atoms with Crippen molar-refractivity contribution in [3.8, 4) is 0 Å². The van der Waals surface area contributed by atoms with Gasteiger partial charge in [0, 0.05) is 12.8 Å². The van der Waals surface area contributed by atoms with Crippen LogP contribution < -0.4 is 10.6 Å². The highest BCUT2D eigenvalue weighted by Gasteiger charge is 2.19. The summed E-state index contributed by atoms with van der Waals surface area (Å²) in [7, 11) is 0. The molecule has 2 unspecified atom stereocenters. The van der Waals surface area contributed by atoms with Gasteiger partial charge in [-0.2, -0.15) is 0 Å². The van der Waals surface area contributed by atoms with Crippen molar-refractivity contribution in [2.75, 3.05) is 13.2 Å². The van der Waals surface area contributed by atoms with Gasteiger partial charge >= 0.3 is 11.9 Å². The number of carbonyl (C=O) groups excluding carboxylic acids is 3. The normalized spacial score (nSPS) is 13.3. The summed E-state index contributed by atoms with van der Waals surface area (Å²) in [6.45, 7) is 3.32. The van der Waals surface area contributed by atoms with Crippen LogP contribution in [0.3, 0.4) is 0 Å². The molecule has 0 aliphatic rings. The van der Waals surface area contributed by atoms with Crippen molar-refractivity contribution in [2.45, 2.75) is 199 Å². The van der Waals surface area contributed by atoms with E-state index in [0.29, 0.717) is 12.8 Å². The van der Waals surface area contributed by atoms with E-state index in [2.05, 4.69) is 122 Å². The minimum absolute atomic E-state index is 0.0778. The van der Waals surface area contributed by atoms with Gasteiger partial charge in [0.05, 0.1) is 13.2 Å². The SMILES string of the molecule is CC/C=C\C/C=C\C/C=C\C/C=C\C/C=C\C/C=C\CCCCCCC(=O)OC(CCC/C=C\C/C=C\CCCCC)CCCCCCCC(=O)NCC(=O)NC(CO)C(=O)O. The third kappa shape index (κ3) is 42.5. The molecule has 0 aromatic heterocycles. The Labute approximate surface area is 377 Å². The third-order valence-corrected chi connectivity index (χ3v) is 10.1. The number of hydrogen-bond donors (Lipinski definition) is 4. The first-order chi connectivity index (χ1) is 30.3. The molecule has 0 saturated carbocycles. The number of hydrogen-bond acceptors (Lipinski definition) is 6. The largest absolute Gasteiger partial charge is 0.480 e. The highest BCUT2D eigenvalue weighted by Crippen LogP contribution is 2.17. The van der Waals surface area contributed by atoms with Crippen LogP contribution in [-0.4, -0.2) is 59.3 Å². The summed E-state index contributed by atoms with van der Waals surface area (Å²) in [5, 5.41) is 22.6. The van der Waals surface area contributed by atoms with Crippen molar-refractivity contribution in [1.29, 1.82) is 0 Å². The third-order valence-electron chi connectivity index (χ3n) is 10.1. The fraction of sp³-hybridized carbons (Fsp3) is 0.623. The molecule has 0 spiro atoms. The number of unbranched alkanes of at least 4 members (excludes halogenated alkanes) is 12. The molecule has 0 fully saturated rings. The first-order valence-electron chi connectivity index (χ1n) is 24.1. The van der Waals surface area contributed by atoms with Gasteiger partial charge in [0.2, 0.25) is 11.8 Å². The van der Waals surface area contributed by atoms with Crippen LogP contribution in [0.25, 0.3) is 0 Å². The lowest BCUT2D eigenvalue weighted by Crippen LogP contribution is -2.47. The van der Waals surface area contributed by atoms with Crippen molar-refractivity contribution >= 4 is 23.8 Å². The average molecular weight is 863 g/mol. The van der Waals surface area contributed by atoms with Gasteiger partial charge in [-0.25, -0.2) is 4.79 Å². The molecule has 0 rings (SSSR count). The molecule has 0 saturated heterocycles. The number of nitrogens with one attached hydrogen (secondary N) is 2. The Morgan fingerprint density at radius 1 is 0.500 bits per heavy atom. The van der Waals surface area contributed by atoms with Crippen molar-refractivity contribution in [2.24, 2.45) is 0 Å². The fourth-order valence-electron chi connectivity index (χ4n) is 6.40. The molecule has 0 aromatic carbocycles. The van der Waals surface area contributed by atoms with Crippen molar-refractivity contribution in [3.63, 3.8) is 0 Å². The number of carboxylic acids is 1. The van der Waals surface area contributed by atoms with Gasteiger partial charge in [0.1, 0.15) is 12.1 Å². The number of ether oxygens (including phenoxy) is 1. The first-order valence-corrected chi connectivity index (χ1v) is 24.1. The van der Waals surface area contributed by atoms with Gasteiger partial charge in [-0.05, 0) is 116 Å². The molecule has 2 atom stereocenters. The van der Waals surface area contributed by atoms with Crippen LogP contribution >= 0.6 is 0 Å². The maximum absolute atomic E-state index is 12.8. The van der Waals surface area contributed by atoms with Crippen LogP contribution in [0.15, 0.2) is 97.2 Å². The van der Waals surface area contributed by atoms with E-state index >= 15 is 0 Å². The van der Waals surface area contributed by atoms with E-state index in [1.54, 1.807) is 0 Å². The van der Waals surface area contributed by atoms with Crippen LogP contribution in [0.4, 0.5) is 0 Å². The number of allylic oxidation sites excluding steroid dienone is 16. The number of amides is 2. The fourth-order valence-corrected chi connectivity index (χ4v) is 6.40. The Hall–Kier alpha value is -4.24. The van der Waals surface area contributed by atoms with Gasteiger partial charge in [0.15, 0.2) is 0 Å². The smallest absolute Gasteiger partial charge is 0.328 e. The summed E-state index contributed by atoms with van der Waals surface area (Å²) in [6.07, 6.45) is 61.5. The second-order valence-electron chi connectivity index (χ2n) is 15.8. The standard InChI is InChI=1S/C53H86N2O7/c1-3-5-7-9-11-13-15-16-17-18-19-20-21-22-23-24-25-26-28-30-32-37-41-45-52(59)62-48(42-38-34-31-29-27-14-12-10-8-6-4-2)43-39-35-33-36-40-44-50(57)54-46-51(58)55-49(47-56)53(60)61/h5,7,11-14,16-17,19-20,22-23,25-26,29,31,48-49,56H,3-4,6,8-10,15,18,21,24,27-28,30,32-47H2,1-2H3,(H,54,57)(H,55,58)(H,60,61)/b7-5-,13-11-,14-12-,17-16-,20-19-,23-22-,26-25-,31-29-. The maximum atomic E-state index is 12.8. The van der Waals surface area contributed by atoms with Crippen molar-refractivity contribution in [1.82, 2.24) is 10.6 Å². The minimum Gasteiger partial charge on any atom is -0.480 e. The zero-order valence-electron chi connectivity index (χ0n) is 38.8. The summed E-state index contributed by atoms with van der Waals surface area (Å²) in [5.41, 5.74) is 0. The lowest BCUT2D eigenvalue weighted by atomic mass is 10.0. The van der Waals surface area contributed by atoms with E-state index in [0.717, 1.165) is 135 Å². The summed E-state index contributed by atoms with van der Waals surface area (Å²) < 4.78 is 6.01. The molecular formula is C53H86N2O7. The minimum atomic E-state index is -1.39. The number of esters is 1. The Morgan fingerprint density at radius 2 is 0.935 bits per heavy atom. The Kier molecular flexibility index (Phi) is 43.1. The predicted octanol–water partition coefficient (Wildman–Crippen LogP) is 12.6. The second-order valence-corrected chi connectivity index (χ2v) is 15.8. The Bertz CT molecular complexity index is 1360. The highest BCUT2D eigenvalue weighted by molar-refractivity contribution is 5.87. The molecule has 0 radical (unpaired) electrons. The molecule has 4 N–H and O–H groups in total. The zero-order chi connectivity index (χ0) is 45.4. The number of aliphatic hydroxyl groups excluding tert-OH is 1. The molecule has 0 bridgehead atoms. The molecule has 0 aliphatic heterocycles. The highest BCUT2D eigenvalue weighted by atomic mass is 16.5. The quantitative estimate of drug-likeness (QED) is 0.0272. The molecule has 62 heavy (non-hydrogen) atoms. The van der Waals surface area contributed by atoms with E-state index in [9.17, 15) is 19.2 Å². The topological polar surface area (TPSA) is 142 Å². The van der Waals surface area contributed by atoms with Gasteiger partial charge in [-0.3, -0.25) is 14.4 Å². The van der Waals surface area contributed by atoms with Crippen LogP contribution in [0.2, 0.25) is 0 Å². The lowest BCUT2D eigenvalue weighted by molar-refractivity contribution is -0.150. The Balaban J connectivity index is 4.36. The van der Waals surface area contributed by atoms with Crippen LogP contribution in [0.5, 0.6) is 0 Å². The average Bonchev–Trinajstić information content (AvgIpc) is 3.26. The van der Waals surface area contributed by atoms with Crippen molar-refractivity contribution < 1.29 is 34.1 Å². The van der Waals surface area contributed by atoms with Crippen molar-refractivity contribution in [3.05, 3.63) is 97.2 Å². The molecule has 9 nitrogen and oxygen atoms in total. The van der Waals surface area contributed by atoms with Crippen LogP contribution in [-0.2, 0) is 23.9 Å². The van der Waals surface area contributed by atoms with E-state index in [1.165, 1.54) is 19.3 Å². The maximum Gasteiger partial charge on any atom is 0.328 e. The van der Waals surface area contributed by atoms with Crippen LogP contribution in [0.1, 0.15) is 187 Å². The van der Waals surface area contributed by atoms with Crippen LogP contribution in [0, 0.1) is 0 Å². The number of carbonyl (C=O) groups is 4. The number of carboxylic acid groups (broad SMARTS) is 1. The lowest BCUT2D eigenvalue weighted by Gasteiger charge is -2.18. The monoisotopic (exact) mass is 863 g/mol. The molecule has 9 heteroatoms. The van der Waals surface area contributed by atoms with Gasteiger partial charge in [-0.1, -0.05) is 156 Å². The second kappa shape index (κ2) is 46.3. The van der Waals surface area contributed by atoms with Gasteiger partial charge in [0.25, 0.3) is 0 Å². The molecule has 2 amide bonds. The molecular weight excluding hydrogens is 777 g/mol. The molecule has 0 heterocycles. The van der Waals surface area contributed by atoms with Gasteiger partial charge < -0.3 is 25.6 Å². The van der Waals surface area contributed by atoms with E-state index in [1.807, 2.05) is 0 Å². The van der Waals surface area contributed by atoms with E-state index < -0.39 is 24.5 Å². The van der Waals surface area contributed by atoms with E-state index in [-0.39, 0.29) is 30.9 Å². The Morgan fingerprint density at radius 3 is 1.45 bits per heavy atom. The number of aliphatic carboxylic acids is 1. The number of aliphatic hydroxyl groups is 1. The number of rotatable bonds is 42.